The molecule has 13 atom stereocenters. The van der Waals surface area contributed by atoms with Crippen molar-refractivity contribution in [2.24, 2.45) is 46.3 Å². The second-order valence-electron chi connectivity index (χ2n) is 14.8. The molecule has 7 rings (SSSR count). The zero-order valence-electron chi connectivity index (χ0n) is 23.2. The number of ether oxygens (including phenoxy) is 4. The van der Waals surface area contributed by atoms with Crippen LogP contribution < -0.4 is 0 Å². The van der Waals surface area contributed by atoms with Crippen LogP contribution in [0.15, 0.2) is 0 Å². The lowest BCUT2D eigenvalue weighted by Crippen LogP contribution is -2.61. The molecule has 0 aromatic rings. The molecule has 37 heavy (non-hydrogen) atoms. The van der Waals surface area contributed by atoms with Crippen LogP contribution in [0.1, 0.15) is 92.9 Å². The topological polar surface area (TPSA) is 91.3 Å². The van der Waals surface area contributed by atoms with Gasteiger partial charge >= 0.3 is 11.9 Å². The third kappa shape index (κ3) is 2.84. The molecule has 2 spiro atoms. The highest BCUT2D eigenvalue weighted by Crippen LogP contribution is 2.76. The van der Waals surface area contributed by atoms with E-state index in [1.165, 1.54) is 6.92 Å². The van der Waals surface area contributed by atoms with Gasteiger partial charge in [0.1, 0.15) is 6.10 Å². The van der Waals surface area contributed by atoms with Crippen LogP contribution in [0.3, 0.4) is 0 Å². The zero-order valence-corrected chi connectivity index (χ0v) is 23.2. The molecule has 0 amide bonds. The summed E-state index contributed by atoms with van der Waals surface area (Å²) in [5.41, 5.74) is -1.89. The number of aliphatic hydroxyl groups is 1. The van der Waals surface area contributed by atoms with Crippen molar-refractivity contribution >= 4 is 11.9 Å². The summed E-state index contributed by atoms with van der Waals surface area (Å²) in [6, 6.07) is 0. The van der Waals surface area contributed by atoms with E-state index in [-0.39, 0.29) is 64.8 Å². The van der Waals surface area contributed by atoms with E-state index >= 15 is 0 Å². The maximum absolute atomic E-state index is 14.0. The number of carbonyl (C=O) groups is 2. The van der Waals surface area contributed by atoms with Gasteiger partial charge in [0, 0.05) is 19.3 Å². The van der Waals surface area contributed by atoms with Crippen molar-refractivity contribution in [1.82, 2.24) is 0 Å². The summed E-state index contributed by atoms with van der Waals surface area (Å²) < 4.78 is 25.6. The van der Waals surface area contributed by atoms with E-state index in [0.717, 1.165) is 44.9 Å². The van der Waals surface area contributed by atoms with E-state index in [9.17, 15) is 14.7 Å². The number of hydrogen-bond donors (Lipinski definition) is 1. The predicted molar refractivity (Wildman–Crippen MR) is 133 cm³/mol. The molecule has 206 valence electrons. The first-order chi connectivity index (χ1) is 17.3. The summed E-state index contributed by atoms with van der Waals surface area (Å²) >= 11 is 0. The largest absolute Gasteiger partial charge is 0.463 e. The Morgan fingerprint density at radius 2 is 1.84 bits per heavy atom. The fourth-order valence-corrected chi connectivity index (χ4v) is 11.3. The lowest BCUT2D eigenvalue weighted by Gasteiger charge is -2.61. The molecule has 4 saturated carbocycles. The Bertz CT molecular complexity index is 1040. The van der Waals surface area contributed by atoms with Gasteiger partial charge in [-0.3, -0.25) is 9.59 Å². The maximum Gasteiger partial charge on any atom is 0.313 e. The van der Waals surface area contributed by atoms with Gasteiger partial charge in [-0.25, -0.2) is 0 Å². The lowest BCUT2D eigenvalue weighted by atomic mass is 9.43. The van der Waals surface area contributed by atoms with Crippen molar-refractivity contribution in [2.75, 3.05) is 0 Å². The van der Waals surface area contributed by atoms with Gasteiger partial charge in [0.05, 0.1) is 23.2 Å². The lowest BCUT2D eigenvalue weighted by molar-refractivity contribution is -0.291. The molecule has 7 aliphatic rings. The summed E-state index contributed by atoms with van der Waals surface area (Å²) in [6.07, 6.45) is 6.10. The molecule has 0 radical (unpaired) electrons. The van der Waals surface area contributed by atoms with Crippen molar-refractivity contribution in [3.63, 3.8) is 0 Å². The third-order valence-electron chi connectivity index (χ3n) is 13.0. The Balaban J connectivity index is 1.22. The molecule has 7 fully saturated rings. The monoisotopic (exact) mass is 516 g/mol. The van der Waals surface area contributed by atoms with Crippen LogP contribution in [0.5, 0.6) is 0 Å². The number of rotatable bonds is 1. The first-order valence-corrected chi connectivity index (χ1v) is 14.7. The van der Waals surface area contributed by atoms with Crippen LogP contribution in [-0.2, 0) is 28.5 Å². The standard InChI is InChI=1S/C30H44O7/c1-15-13-30(37-26(15,3)4)28(6)24-22(35-30)12-20-19-8-7-17-11-18(34-16(2)31)9-10-27(17,5)23(19)21(32)14-29(20,24)25(33)36-28/h15,17-24,32H,7-14H2,1-6H3. The Hall–Kier alpha value is -1.18. The zero-order chi connectivity index (χ0) is 26.3. The number of hydrogen-bond acceptors (Lipinski definition) is 7. The molecule has 0 aromatic heterocycles. The van der Waals surface area contributed by atoms with Gasteiger partial charge in [-0.1, -0.05) is 13.8 Å². The summed E-state index contributed by atoms with van der Waals surface area (Å²) in [4.78, 5) is 25.6. The molecule has 3 saturated heterocycles. The predicted octanol–water partition coefficient (Wildman–Crippen LogP) is 4.38. The molecule has 3 heterocycles. The second-order valence-corrected chi connectivity index (χ2v) is 14.8. The second kappa shape index (κ2) is 7.31. The van der Waals surface area contributed by atoms with E-state index in [2.05, 4.69) is 27.7 Å². The Morgan fingerprint density at radius 3 is 2.51 bits per heavy atom. The Kier molecular flexibility index (Phi) is 4.91. The van der Waals surface area contributed by atoms with Crippen molar-refractivity contribution in [2.45, 2.75) is 128 Å². The van der Waals surface area contributed by atoms with Gasteiger partial charge < -0.3 is 24.1 Å². The first-order valence-electron chi connectivity index (χ1n) is 14.7. The number of carbonyl (C=O) groups excluding carboxylic acids is 2. The van der Waals surface area contributed by atoms with Crippen LogP contribution in [0, 0.1) is 46.3 Å². The molecule has 1 N–H and O–H groups in total. The first kappa shape index (κ1) is 24.8. The number of aliphatic hydroxyl groups excluding tert-OH is 1. The smallest absolute Gasteiger partial charge is 0.313 e. The third-order valence-corrected chi connectivity index (χ3v) is 13.0. The maximum atomic E-state index is 14.0. The van der Waals surface area contributed by atoms with Crippen LogP contribution in [0.4, 0.5) is 0 Å². The molecule has 0 bridgehead atoms. The van der Waals surface area contributed by atoms with E-state index in [0.29, 0.717) is 12.3 Å². The van der Waals surface area contributed by atoms with Gasteiger partial charge in [0.15, 0.2) is 5.60 Å². The quantitative estimate of drug-likeness (QED) is 0.517. The number of fused-ring (bicyclic) bond motifs is 5. The highest BCUT2D eigenvalue weighted by Gasteiger charge is 2.85. The summed E-state index contributed by atoms with van der Waals surface area (Å²) in [7, 11) is 0. The van der Waals surface area contributed by atoms with Crippen LogP contribution in [0.25, 0.3) is 0 Å². The summed E-state index contributed by atoms with van der Waals surface area (Å²) in [6.45, 7) is 12.3. The van der Waals surface area contributed by atoms with E-state index in [1.54, 1.807) is 0 Å². The molecule has 13 unspecified atom stereocenters. The van der Waals surface area contributed by atoms with Gasteiger partial charge in [0.2, 0.25) is 5.79 Å². The minimum atomic E-state index is -0.907. The molecular formula is C30H44O7. The highest BCUT2D eigenvalue weighted by molar-refractivity contribution is 5.83. The molecule has 7 nitrogen and oxygen atoms in total. The van der Waals surface area contributed by atoms with Gasteiger partial charge in [0.25, 0.3) is 0 Å². The fraction of sp³-hybridized carbons (Fsp3) is 0.933. The molecule has 4 aliphatic carbocycles. The minimum absolute atomic E-state index is 0.0137. The summed E-state index contributed by atoms with van der Waals surface area (Å²) in [5.74, 6) is -0.0263. The summed E-state index contributed by atoms with van der Waals surface area (Å²) in [5, 5.41) is 11.9. The fourth-order valence-electron chi connectivity index (χ4n) is 11.3. The van der Waals surface area contributed by atoms with E-state index in [1.807, 2.05) is 6.92 Å². The normalized spacial score (nSPS) is 58.9. The van der Waals surface area contributed by atoms with Gasteiger partial charge in [-0.2, -0.15) is 0 Å². The minimum Gasteiger partial charge on any atom is -0.463 e. The van der Waals surface area contributed by atoms with Gasteiger partial charge in [-0.15, -0.1) is 0 Å². The van der Waals surface area contributed by atoms with Crippen molar-refractivity contribution in [1.29, 1.82) is 0 Å². The van der Waals surface area contributed by atoms with Gasteiger partial charge in [-0.05, 0) is 101 Å². The van der Waals surface area contributed by atoms with Crippen molar-refractivity contribution in [3.8, 4) is 0 Å². The number of esters is 2. The Labute approximate surface area is 220 Å². The molecule has 0 aromatic carbocycles. The average Bonchev–Trinajstić information content (AvgIpc) is 3.39. The molecular weight excluding hydrogens is 472 g/mol. The van der Waals surface area contributed by atoms with Crippen LogP contribution >= 0.6 is 0 Å². The highest BCUT2D eigenvalue weighted by atomic mass is 16.8. The average molecular weight is 517 g/mol. The molecule has 3 aliphatic heterocycles. The Morgan fingerprint density at radius 1 is 1.08 bits per heavy atom. The van der Waals surface area contributed by atoms with Crippen molar-refractivity contribution in [3.05, 3.63) is 0 Å². The SMILES string of the molecule is CC(=O)OC1CCC2(C)C(CCC3C2C(O)CC24C(=O)OC5(C)C2C(CC34)OC52CC(C)C(C)(C)O2)C1. The van der Waals surface area contributed by atoms with E-state index in [4.69, 9.17) is 18.9 Å². The van der Waals surface area contributed by atoms with Crippen molar-refractivity contribution < 1.29 is 33.6 Å². The van der Waals surface area contributed by atoms with Crippen LogP contribution in [0.2, 0.25) is 0 Å². The van der Waals surface area contributed by atoms with Crippen LogP contribution in [-0.4, -0.2) is 52.3 Å². The molecule has 7 heteroatoms. The van der Waals surface area contributed by atoms with E-state index < -0.39 is 22.9 Å².